The van der Waals surface area contributed by atoms with E-state index in [0.29, 0.717) is 5.82 Å². The maximum Gasteiger partial charge on any atom is 0.123 e. The lowest BCUT2D eigenvalue weighted by molar-refractivity contribution is 0.591. The molecule has 2 heteroatoms. The van der Waals surface area contributed by atoms with Crippen LogP contribution in [0.5, 0.6) is 0 Å². The van der Waals surface area contributed by atoms with E-state index < -0.39 is 0 Å². The predicted octanol–water partition coefficient (Wildman–Crippen LogP) is 3.11. The summed E-state index contributed by atoms with van der Waals surface area (Å²) in [6.07, 6.45) is 1.83. The highest BCUT2D eigenvalue weighted by molar-refractivity contribution is 5.84. The lowest BCUT2D eigenvalue weighted by atomic mass is 9.86. The fourth-order valence-corrected chi connectivity index (χ4v) is 1.63. The summed E-state index contributed by atoms with van der Waals surface area (Å²) in [6, 6.07) is 8.35. The van der Waals surface area contributed by atoms with Crippen molar-refractivity contribution in [1.29, 1.82) is 0 Å². The lowest BCUT2D eigenvalue weighted by Crippen LogP contribution is -2.10. The molecule has 2 nitrogen and oxygen atoms in total. The van der Waals surface area contributed by atoms with Gasteiger partial charge in [-0.3, -0.25) is 0 Å². The van der Waals surface area contributed by atoms with Gasteiger partial charge in [-0.25, -0.2) is 4.98 Å². The van der Waals surface area contributed by atoms with Gasteiger partial charge in [-0.1, -0.05) is 32.9 Å². The van der Waals surface area contributed by atoms with Gasteiger partial charge in [0.2, 0.25) is 0 Å². The third-order valence-electron chi connectivity index (χ3n) is 2.61. The molecule has 78 valence electrons. The molecular formula is C13H16N2. The molecule has 0 spiro atoms. The molecule has 2 rings (SSSR count). The minimum Gasteiger partial charge on any atom is -0.384 e. The van der Waals surface area contributed by atoms with Gasteiger partial charge in [0.15, 0.2) is 0 Å². The van der Waals surface area contributed by atoms with Gasteiger partial charge in [0.25, 0.3) is 0 Å². The van der Waals surface area contributed by atoms with Crippen LogP contribution in [0.3, 0.4) is 0 Å². The minimum atomic E-state index is 0.176. The summed E-state index contributed by atoms with van der Waals surface area (Å²) in [6.45, 7) is 6.62. The van der Waals surface area contributed by atoms with Gasteiger partial charge in [-0.2, -0.15) is 0 Å². The van der Waals surface area contributed by atoms with Crippen molar-refractivity contribution < 1.29 is 0 Å². The Morgan fingerprint density at radius 2 is 1.80 bits per heavy atom. The topological polar surface area (TPSA) is 38.9 Å². The Labute approximate surface area is 90.1 Å². The van der Waals surface area contributed by atoms with E-state index in [9.17, 15) is 0 Å². The van der Waals surface area contributed by atoms with Crippen molar-refractivity contribution in [1.82, 2.24) is 4.98 Å². The molecule has 1 aromatic heterocycles. The summed E-state index contributed by atoms with van der Waals surface area (Å²) in [7, 11) is 0. The third-order valence-corrected chi connectivity index (χ3v) is 2.61. The van der Waals surface area contributed by atoms with Crippen molar-refractivity contribution in [2.24, 2.45) is 0 Å². The minimum absolute atomic E-state index is 0.176. The first kappa shape index (κ1) is 9.97. The summed E-state index contributed by atoms with van der Waals surface area (Å²) in [4.78, 5) is 4.11. The number of benzene rings is 1. The Morgan fingerprint density at radius 1 is 1.07 bits per heavy atom. The molecule has 0 saturated carbocycles. The van der Waals surface area contributed by atoms with Crippen LogP contribution in [0.2, 0.25) is 0 Å². The second kappa shape index (κ2) is 3.23. The molecule has 1 heterocycles. The number of rotatable bonds is 0. The Bertz CT molecular complexity index is 495. The van der Waals surface area contributed by atoms with Crippen LogP contribution in [0.1, 0.15) is 26.3 Å². The smallest absolute Gasteiger partial charge is 0.123 e. The van der Waals surface area contributed by atoms with Crippen LogP contribution in [0.25, 0.3) is 10.8 Å². The molecule has 0 saturated heterocycles. The van der Waals surface area contributed by atoms with Crippen molar-refractivity contribution in [3.63, 3.8) is 0 Å². The lowest BCUT2D eigenvalue weighted by Gasteiger charge is -2.19. The number of fused-ring (bicyclic) bond motifs is 1. The Morgan fingerprint density at radius 3 is 2.47 bits per heavy atom. The number of pyridine rings is 1. The number of nitrogens with zero attached hydrogens (tertiary/aromatic N) is 1. The summed E-state index contributed by atoms with van der Waals surface area (Å²) in [5, 5.41) is 2.30. The highest BCUT2D eigenvalue weighted by Crippen LogP contribution is 2.26. The molecule has 0 unspecified atom stereocenters. The molecule has 15 heavy (non-hydrogen) atoms. The van der Waals surface area contributed by atoms with Crippen molar-refractivity contribution in [3.05, 3.63) is 36.0 Å². The molecular weight excluding hydrogens is 184 g/mol. The average molecular weight is 200 g/mol. The first-order chi connectivity index (χ1) is 6.97. The maximum atomic E-state index is 5.64. The van der Waals surface area contributed by atoms with E-state index in [0.717, 1.165) is 10.8 Å². The van der Waals surface area contributed by atoms with Crippen LogP contribution in [0.4, 0.5) is 5.82 Å². The zero-order valence-corrected chi connectivity index (χ0v) is 9.41. The zero-order chi connectivity index (χ0) is 11.1. The van der Waals surface area contributed by atoms with Gasteiger partial charge in [0.1, 0.15) is 5.82 Å². The van der Waals surface area contributed by atoms with E-state index in [1.54, 1.807) is 0 Å². The van der Waals surface area contributed by atoms with Crippen molar-refractivity contribution >= 4 is 16.6 Å². The molecule has 2 aromatic rings. The van der Waals surface area contributed by atoms with E-state index in [1.165, 1.54) is 5.56 Å². The van der Waals surface area contributed by atoms with Crippen LogP contribution < -0.4 is 5.73 Å². The van der Waals surface area contributed by atoms with Crippen molar-refractivity contribution in [2.75, 3.05) is 5.73 Å². The largest absolute Gasteiger partial charge is 0.384 e. The number of hydrogen-bond donors (Lipinski definition) is 1. The zero-order valence-electron chi connectivity index (χ0n) is 9.41. The Kier molecular flexibility index (Phi) is 2.14. The van der Waals surface area contributed by atoms with Gasteiger partial charge >= 0.3 is 0 Å². The predicted molar refractivity (Wildman–Crippen MR) is 64.9 cm³/mol. The first-order valence-electron chi connectivity index (χ1n) is 5.12. The number of hydrogen-bond acceptors (Lipinski definition) is 2. The number of anilines is 1. The molecule has 0 aliphatic rings. The molecule has 0 bridgehead atoms. The monoisotopic (exact) mass is 200 g/mol. The highest BCUT2D eigenvalue weighted by Gasteiger charge is 2.13. The van der Waals surface area contributed by atoms with Crippen LogP contribution >= 0.6 is 0 Å². The number of nitrogens with two attached hydrogens (primary N) is 1. The molecule has 0 aliphatic carbocycles. The van der Waals surface area contributed by atoms with E-state index >= 15 is 0 Å². The van der Waals surface area contributed by atoms with Crippen LogP contribution in [0, 0.1) is 0 Å². The summed E-state index contributed by atoms with van der Waals surface area (Å²) in [5.74, 6) is 0.575. The molecule has 1 aromatic carbocycles. The third kappa shape index (κ3) is 1.94. The van der Waals surface area contributed by atoms with Crippen LogP contribution in [-0.4, -0.2) is 4.98 Å². The maximum absolute atomic E-state index is 5.64. The molecule has 2 N–H and O–H groups in total. The van der Waals surface area contributed by atoms with Crippen molar-refractivity contribution in [3.8, 4) is 0 Å². The second-order valence-electron chi connectivity index (χ2n) is 4.92. The van der Waals surface area contributed by atoms with Gasteiger partial charge < -0.3 is 5.73 Å². The average Bonchev–Trinajstić information content (AvgIpc) is 2.15. The summed E-state index contributed by atoms with van der Waals surface area (Å²) in [5.41, 5.74) is 7.13. The van der Waals surface area contributed by atoms with Gasteiger partial charge in [0, 0.05) is 11.6 Å². The van der Waals surface area contributed by atoms with Gasteiger partial charge in [0.05, 0.1) is 0 Å². The Hall–Kier alpha value is -1.57. The summed E-state index contributed by atoms with van der Waals surface area (Å²) < 4.78 is 0. The first-order valence-corrected chi connectivity index (χ1v) is 5.12. The quantitative estimate of drug-likeness (QED) is 0.709. The van der Waals surface area contributed by atoms with Gasteiger partial charge in [-0.15, -0.1) is 0 Å². The summed E-state index contributed by atoms with van der Waals surface area (Å²) >= 11 is 0. The Balaban J connectivity index is 2.62. The van der Waals surface area contributed by atoms with Crippen molar-refractivity contribution in [2.45, 2.75) is 26.2 Å². The fraction of sp³-hybridized carbons (Fsp3) is 0.308. The molecule has 0 atom stereocenters. The normalized spacial score (nSPS) is 11.9. The highest BCUT2D eigenvalue weighted by atomic mass is 14.8. The van der Waals surface area contributed by atoms with E-state index in [1.807, 2.05) is 12.3 Å². The number of nitrogen functional groups attached to an aromatic ring is 1. The number of aromatic nitrogens is 1. The van der Waals surface area contributed by atoms with Crippen LogP contribution in [0.15, 0.2) is 30.5 Å². The second-order valence-corrected chi connectivity index (χ2v) is 4.92. The van der Waals surface area contributed by atoms with Crippen LogP contribution in [-0.2, 0) is 5.41 Å². The van der Waals surface area contributed by atoms with E-state index in [-0.39, 0.29) is 5.41 Å². The van der Waals surface area contributed by atoms with E-state index in [2.05, 4.69) is 44.0 Å². The molecule has 0 radical (unpaired) electrons. The van der Waals surface area contributed by atoms with E-state index in [4.69, 9.17) is 5.73 Å². The standard InChI is InChI=1S/C13H16N2/c1-13(2,3)11-5-4-9-7-12(14)15-8-10(9)6-11/h4-8H,1-3H3,(H2,14,15). The molecule has 0 aliphatic heterocycles. The molecule has 0 fully saturated rings. The fourth-order valence-electron chi connectivity index (χ4n) is 1.63. The van der Waals surface area contributed by atoms with Gasteiger partial charge in [-0.05, 0) is 28.5 Å². The molecule has 0 amide bonds. The SMILES string of the molecule is CC(C)(C)c1ccc2cc(N)ncc2c1.